The molecule has 0 atom stereocenters. The Balaban J connectivity index is 4.33. The highest BCUT2D eigenvalue weighted by Crippen LogP contribution is 2.38. The van der Waals surface area contributed by atoms with Crippen molar-refractivity contribution in [2.75, 3.05) is 0 Å². The van der Waals surface area contributed by atoms with Gasteiger partial charge in [0.25, 0.3) is 0 Å². The Kier molecular flexibility index (Phi) is 44.7. The molecule has 0 aromatic heterocycles. The average Bonchev–Trinajstić information content (AvgIpc) is 3.17. The van der Waals surface area contributed by atoms with Crippen LogP contribution in [0.25, 0.3) is 0 Å². The molecule has 0 saturated heterocycles. The van der Waals surface area contributed by atoms with E-state index in [0.29, 0.717) is 0 Å². The Labute approximate surface area is 342 Å². The number of carboxylic acids is 1. The molecular formula is C52H104O2. The van der Waals surface area contributed by atoms with Crippen LogP contribution >= 0.6 is 0 Å². The van der Waals surface area contributed by atoms with Crippen molar-refractivity contribution in [3.8, 4) is 0 Å². The van der Waals surface area contributed by atoms with Crippen LogP contribution in [-0.4, -0.2) is 11.1 Å². The fourth-order valence-electron chi connectivity index (χ4n) is 9.02. The number of rotatable bonds is 48. The zero-order valence-corrected chi connectivity index (χ0v) is 38.1. The highest BCUT2D eigenvalue weighted by molar-refractivity contribution is 5.74. The molecule has 0 bridgehead atoms. The van der Waals surface area contributed by atoms with Crippen molar-refractivity contribution in [2.24, 2.45) is 5.41 Å². The molecule has 2 heteroatoms. The molecule has 0 rings (SSSR count). The predicted molar refractivity (Wildman–Crippen MR) is 244 cm³/mol. The van der Waals surface area contributed by atoms with Crippen molar-refractivity contribution in [1.29, 1.82) is 0 Å². The molecule has 0 fully saturated rings. The van der Waals surface area contributed by atoms with Gasteiger partial charge < -0.3 is 5.11 Å². The second-order valence-electron chi connectivity index (χ2n) is 18.3. The normalized spacial score (nSPS) is 11.9. The summed E-state index contributed by atoms with van der Waals surface area (Å²) in [5.41, 5.74) is -0.468. The summed E-state index contributed by atoms with van der Waals surface area (Å²) in [4.78, 5) is 12.9. The van der Waals surface area contributed by atoms with Crippen LogP contribution in [0.5, 0.6) is 0 Å². The summed E-state index contributed by atoms with van der Waals surface area (Å²) in [6.07, 6.45) is 62.9. The Hall–Kier alpha value is -0.530. The largest absolute Gasteiger partial charge is 0.481 e. The Morgan fingerprint density at radius 2 is 0.389 bits per heavy atom. The number of aliphatic carboxylic acids is 1. The lowest BCUT2D eigenvalue weighted by Gasteiger charge is -2.30. The standard InChI is InChI=1S/C52H104O2/c1-4-7-10-13-16-19-22-25-28-29-32-35-38-41-44-47-50-52(51(53)54,48-45-42-39-36-33-30-26-23-20-17-14-11-8-5-2)49-46-43-40-37-34-31-27-24-21-18-15-12-9-6-3/h4-50H2,1-3H3,(H,53,54). The number of hydrogen-bond donors (Lipinski definition) is 1. The fraction of sp³-hybridized carbons (Fsp3) is 0.981. The van der Waals surface area contributed by atoms with Gasteiger partial charge in [-0.1, -0.05) is 303 Å². The third kappa shape index (κ3) is 38.3. The molecule has 0 saturated carbocycles. The maximum absolute atomic E-state index is 12.9. The van der Waals surface area contributed by atoms with Crippen molar-refractivity contribution in [1.82, 2.24) is 0 Å². The van der Waals surface area contributed by atoms with Crippen LogP contribution in [0.15, 0.2) is 0 Å². The van der Waals surface area contributed by atoms with Crippen molar-refractivity contribution in [2.45, 2.75) is 323 Å². The van der Waals surface area contributed by atoms with Crippen LogP contribution in [0.4, 0.5) is 0 Å². The smallest absolute Gasteiger partial charge is 0.309 e. The Morgan fingerprint density at radius 3 is 0.519 bits per heavy atom. The molecule has 0 aliphatic rings. The maximum atomic E-state index is 12.9. The monoisotopic (exact) mass is 761 g/mol. The molecule has 0 aromatic rings. The highest BCUT2D eigenvalue weighted by atomic mass is 16.4. The van der Waals surface area contributed by atoms with E-state index in [2.05, 4.69) is 20.8 Å². The van der Waals surface area contributed by atoms with E-state index in [-0.39, 0.29) is 0 Å². The Morgan fingerprint density at radius 1 is 0.259 bits per heavy atom. The number of unbranched alkanes of at least 4 members (excludes halogenated alkanes) is 41. The van der Waals surface area contributed by atoms with E-state index in [1.807, 2.05) is 0 Å². The van der Waals surface area contributed by atoms with Crippen molar-refractivity contribution < 1.29 is 9.90 Å². The SMILES string of the molecule is CCCCCCCCCCCCCCCCCCC(CCCCCCCCCCCCCCCC)(CCCCCCCCCCCCCCCC)C(=O)O. The van der Waals surface area contributed by atoms with E-state index in [1.165, 1.54) is 263 Å². The summed E-state index contributed by atoms with van der Waals surface area (Å²) in [6, 6.07) is 0. The molecular weight excluding hydrogens is 657 g/mol. The minimum absolute atomic E-state index is 0.468. The molecule has 0 amide bonds. The first-order chi connectivity index (χ1) is 26.6. The molecule has 2 nitrogen and oxygen atoms in total. The molecule has 0 spiro atoms. The van der Waals surface area contributed by atoms with Gasteiger partial charge in [-0.2, -0.15) is 0 Å². The summed E-state index contributed by atoms with van der Waals surface area (Å²) in [5, 5.41) is 10.7. The molecule has 0 heterocycles. The van der Waals surface area contributed by atoms with Crippen LogP contribution < -0.4 is 0 Å². The highest BCUT2D eigenvalue weighted by Gasteiger charge is 2.36. The number of hydrogen-bond acceptors (Lipinski definition) is 1. The summed E-state index contributed by atoms with van der Waals surface area (Å²) in [5.74, 6) is -0.479. The summed E-state index contributed by atoms with van der Waals surface area (Å²) in [7, 11) is 0. The van der Waals surface area contributed by atoms with Gasteiger partial charge in [0, 0.05) is 0 Å². The van der Waals surface area contributed by atoms with E-state index in [4.69, 9.17) is 0 Å². The van der Waals surface area contributed by atoms with E-state index >= 15 is 0 Å². The van der Waals surface area contributed by atoms with Crippen LogP contribution in [0.3, 0.4) is 0 Å². The van der Waals surface area contributed by atoms with Gasteiger partial charge in [-0.25, -0.2) is 0 Å². The topological polar surface area (TPSA) is 37.3 Å². The van der Waals surface area contributed by atoms with Gasteiger partial charge in [0.15, 0.2) is 0 Å². The van der Waals surface area contributed by atoms with Crippen molar-refractivity contribution in [3.05, 3.63) is 0 Å². The molecule has 0 aliphatic carbocycles. The van der Waals surface area contributed by atoms with E-state index in [1.54, 1.807) is 0 Å². The summed E-state index contributed by atoms with van der Waals surface area (Å²) in [6.45, 7) is 6.90. The molecule has 1 N–H and O–H groups in total. The van der Waals surface area contributed by atoms with Gasteiger partial charge in [0.1, 0.15) is 0 Å². The van der Waals surface area contributed by atoms with Gasteiger partial charge in [-0.3, -0.25) is 4.79 Å². The first kappa shape index (κ1) is 53.5. The van der Waals surface area contributed by atoms with Crippen molar-refractivity contribution in [3.63, 3.8) is 0 Å². The van der Waals surface area contributed by atoms with E-state index in [0.717, 1.165) is 38.5 Å². The van der Waals surface area contributed by atoms with E-state index in [9.17, 15) is 9.90 Å². The second kappa shape index (κ2) is 45.2. The van der Waals surface area contributed by atoms with Crippen LogP contribution in [0.1, 0.15) is 323 Å². The number of carbonyl (C=O) groups is 1. The first-order valence-electron chi connectivity index (χ1n) is 25.9. The third-order valence-electron chi connectivity index (χ3n) is 13.0. The first-order valence-corrected chi connectivity index (χ1v) is 25.9. The summed E-state index contributed by atoms with van der Waals surface area (Å²) < 4.78 is 0. The molecule has 324 valence electrons. The molecule has 0 aromatic carbocycles. The van der Waals surface area contributed by atoms with Gasteiger partial charge >= 0.3 is 5.97 Å². The van der Waals surface area contributed by atoms with E-state index < -0.39 is 11.4 Å². The average molecular weight is 761 g/mol. The van der Waals surface area contributed by atoms with Crippen molar-refractivity contribution >= 4 is 5.97 Å². The molecule has 0 unspecified atom stereocenters. The van der Waals surface area contributed by atoms with Gasteiger partial charge in [-0.15, -0.1) is 0 Å². The number of carboxylic acid groups (broad SMARTS) is 1. The molecule has 54 heavy (non-hydrogen) atoms. The van der Waals surface area contributed by atoms with Crippen LogP contribution in [0, 0.1) is 5.41 Å². The quantitative estimate of drug-likeness (QED) is 0.0627. The maximum Gasteiger partial charge on any atom is 0.309 e. The molecule has 0 radical (unpaired) electrons. The third-order valence-corrected chi connectivity index (χ3v) is 13.0. The lowest BCUT2D eigenvalue weighted by atomic mass is 9.74. The Bertz CT molecular complexity index is 668. The fourth-order valence-corrected chi connectivity index (χ4v) is 9.02. The van der Waals surface area contributed by atoms with Crippen LogP contribution in [-0.2, 0) is 4.79 Å². The second-order valence-corrected chi connectivity index (χ2v) is 18.3. The van der Waals surface area contributed by atoms with Gasteiger partial charge in [0.05, 0.1) is 5.41 Å². The van der Waals surface area contributed by atoms with Crippen LogP contribution in [0.2, 0.25) is 0 Å². The minimum Gasteiger partial charge on any atom is -0.481 e. The van der Waals surface area contributed by atoms with Gasteiger partial charge in [0.2, 0.25) is 0 Å². The lowest BCUT2D eigenvalue weighted by molar-refractivity contribution is -0.150. The minimum atomic E-state index is -0.479. The summed E-state index contributed by atoms with van der Waals surface area (Å²) >= 11 is 0. The molecule has 0 aliphatic heterocycles. The predicted octanol–water partition coefficient (Wildman–Crippen LogP) is 19.5. The lowest BCUT2D eigenvalue weighted by Crippen LogP contribution is -2.31. The zero-order valence-electron chi connectivity index (χ0n) is 38.1. The van der Waals surface area contributed by atoms with Gasteiger partial charge in [-0.05, 0) is 19.3 Å². The zero-order chi connectivity index (χ0) is 39.3.